The Balaban J connectivity index is 1.31. The highest BCUT2D eigenvalue weighted by molar-refractivity contribution is 6.31. The van der Waals surface area contributed by atoms with Crippen LogP contribution in [0.2, 0.25) is 5.02 Å². The van der Waals surface area contributed by atoms with Crippen LogP contribution in [-0.4, -0.2) is 56.8 Å². The number of nitrogens with one attached hydrogen (secondary N) is 1. The van der Waals surface area contributed by atoms with Crippen LogP contribution in [-0.2, 0) is 9.47 Å². The van der Waals surface area contributed by atoms with Gasteiger partial charge in [0.15, 0.2) is 6.29 Å². The molecule has 1 saturated heterocycles. The van der Waals surface area contributed by atoms with E-state index >= 15 is 0 Å². The first-order chi connectivity index (χ1) is 15.5. The lowest BCUT2D eigenvalue weighted by atomic mass is 10.2. The van der Waals surface area contributed by atoms with Crippen LogP contribution in [0.5, 0.6) is 17.2 Å². The number of hydrogen-bond donors (Lipinski definition) is 2. The van der Waals surface area contributed by atoms with Gasteiger partial charge in [-0.05, 0) is 42.5 Å². The van der Waals surface area contributed by atoms with Crippen LogP contribution in [0.25, 0.3) is 0 Å². The van der Waals surface area contributed by atoms with Crippen LogP contribution in [0.15, 0.2) is 42.5 Å². The Morgan fingerprint density at radius 1 is 0.969 bits per heavy atom. The molecule has 7 nitrogen and oxygen atoms in total. The molecule has 1 aliphatic heterocycles. The summed E-state index contributed by atoms with van der Waals surface area (Å²) in [4.78, 5) is 0. The fourth-order valence-corrected chi connectivity index (χ4v) is 3.28. The number of benzene rings is 2. The smallest absolute Gasteiger partial charge is 0.185 e. The fraction of sp³-hybridized carbons (Fsp3) is 0.500. The molecule has 1 unspecified atom stereocenters. The van der Waals surface area contributed by atoms with Gasteiger partial charge in [0.05, 0.1) is 31.5 Å². The molecule has 1 atom stereocenters. The standard InChI is InChI=1S/C24H32ClNO6/c1-17(2)26-15-18(27)16-32-20-6-4-19(5-7-20)28-10-3-11-29-21-8-9-22(23(25)14-21)24-30-12-13-31-24/h4-9,14,17-18,24,26-27H,3,10-13,15-16H2,1-2H3. The van der Waals surface area contributed by atoms with Crippen LogP contribution in [0.4, 0.5) is 0 Å². The minimum absolute atomic E-state index is 0.239. The third-order valence-corrected chi connectivity index (χ3v) is 5.03. The number of aliphatic hydroxyl groups is 1. The van der Waals surface area contributed by atoms with E-state index in [1.807, 2.05) is 50.2 Å². The summed E-state index contributed by atoms with van der Waals surface area (Å²) < 4.78 is 28.1. The Bertz CT molecular complexity index is 811. The summed E-state index contributed by atoms with van der Waals surface area (Å²) in [5, 5.41) is 13.6. The van der Waals surface area contributed by atoms with Crippen molar-refractivity contribution in [2.45, 2.75) is 38.7 Å². The fourth-order valence-electron chi connectivity index (χ4n) is 3.02. The van der Waals surface area contributed by atoms with Crippen molar-refractivity contribution in [2.75, 3.05) is 39.6 Å². The molecule has 0 aliphatic carbocycles. The quantitative estimate of drug-likeness (QED) is 0.433. The molecule has 2 N–H and O–H groups in total. The van der Waals surface area contributed by atoms with E-state index < -0.39 is 12.4 Å². The van der Waals surface area contributed by atoms with Gasteiger partial charge in [0, 0.05) is 24.6 Å². The summed E-state index contributed by atoms with van der Waals surface area (Å²) in [6.07, 6.45) is -0.223. The van der Waals surface area contributed by atoms with Gasteiger partial charge in [-0.25, -0.2) is 0 Å². The maximum absolute atomic E-state index is 9.90. The van der Waals surface area contributed by atoms with Crippen LogP contribution in [0.1, 0.15) is 32.1 Å². The third-order valence-electron chi connectivity index (χ3n) is 4.70. The second kappa shape index (κ2) is 12.9. The van der Waals surface area contributed by atoms with Crippen molar-refractivity contribution in [3.63, 3.8) is 0 Å². The minimum atomic E-state index is -0.552. The number of halogens is 1. The van der Waals surface area contributed by atoms with E-state index in [4.69, 9.17) is 35.3 Å². The van der Waals surface area contributed by atoms with Gasteiger partial charge in [-0.2, -0.15) is 0 Å². The largest absolute Gasteiger partial charge is 0.493 e. The van der Waals surface area contributed by atoms with Crippen LogP contribution in [0.3, 0.4) is 0 Å². The van der Waals surface area contributed by atoms with Gasteiger partial charge >= 0.3 is 0 Å². The van der Waals surface area contributed by atoms with Crippen molar-refractivity contribution in [1.29, 1.82) is 0 Å². The molecule has 3 rings (SSSR count). The average molecular weight is 466 g/mol. The highest BCUT2D eigenvalue weighted by Crippen LogP contribution is 2.32. The Hall–Kier alpha value is -2.03. The van der Waals surface area contributed by atoms with Crippen molar-refractivity contribution < 1.29 is 28.8 Å². The molecule has 8 heteroatoms. The molecule has 0 aromatic heterocycles. The topological polar surface area (TPSA) is 78.4 Å². The highest BCUT2D eigenvalue weighted by Gasteiger charge is 2.21. The monoisotopic (exact) mass is 465 g/mol. The summed E-state index contributed by atoms with van der Waals surface area (Å²) in [7, 11) is 0. The number of hydrogen-bond acceptors (Lipinski definition) is 7. The Labute approximate surface area is 194 Å². The van der Waals surface area contributed by atoms with Gasteiger partial charge < -0.3 is 34.1 Å². The lowest BCUT2D eigenvalue weighted by molar-refractivity contribution is -0.0440. The zero-order valence-electron chi connectivity index (χ0n) is 18.6. The molecule has 2 aromatic carbocycles. The molecule has 0 bridgehead atoms. The molecule has 1 fully saturated rings. The maximum Gasteiger partial charge on any atom is 0.185 e. The summed E-state index contributed by atoms with van der Waals surface area (Å²) in [6, 6.07) is 13.2. The van der Waals surface area contributed by atoms with Gasteiger partial charge in [-0.1, -0.05) is 25.4 Å². The van der Waals surface area contributed by atoms with Gasteiger partial charge in [-0.3, -0.25) is 0 Å². The first kappa shape index (κ1) is 24.6. The summed E-state index contributed by atoms with van der Waals surface area (Å²) in [6.45, 7) is 7.00. The van der Waals surface area contributed by atoms with Gasteiger partial charge in [-0.15, -0.1) is 0 Å². The van der Waals surface area contributed by atoms with Gasteiger partial charge in [0.25, 0.3) is 0 Å². The number of aliphatic hydroxyl groups excluding tert-OH is 1. The van der Waals surface area contributed by atoms with Crippen molar-refractivity contribution in [2.24, 2.45) is 0 Å². The maximum atomic E-state index is 9.90. The summed E-state index contributed by atoms with van der Waals surface area (Å²) in [5.74, 6) is 2.14. The molecular weight excluding hydrogens is 434 g/mol. The highest BCUT2D eigenvalue weighted by atomic mass is 35.5. The molecular formula is C24H32ClNO6. The third kappa shape index (κ3) is 8.15. The molecule has 0 spiro atoms. The number of rotatable bonds is 13. The van der Waals surface area contributed by atoms with E-state index in [1.54, 1.807) is 6.07 Å². The average Bonchev–Trinajstić information content (AvgIpc) is 3.31. The van der Waals surface area contributed by atoms with E-state index in [0.717, 1.165) is 17.7 Å². The second-order valence-corrected chi connectivity index (χ2v) is 8.21. The second-order valence-electron chi connectivity index (χ2n) is 7.81. The van der Waals surface area contributed by atoms with E-state index in [2.05, 4.69) is 5.32 Å². The number of ether oxygens (including phenoxy) is 5. The summed E-state index contributed by atoms with van der Waals surface area (Å²) >= 11 is 6.32. The van der Waals surface area contributed by atoms with E-state index in [9.17, 15) is 5.11 Å². The molecule has 2 aromatic rings. The minimum Gasteiger partial charge on any atom is -0.493 e. The molecule has 1 heterocycles. The van der Waals surface area contributed by atoms with Crippen molar-refractivity contribution in [3.05, 3.63) is 53.1 Å². The Kier molecular flexibility index (Phi) is 9.89. The Morgan fingerprint density at radius 3 is 2.19 bits per heavy atom. The van der Waals surface area contributed by atoms with E-state index in [0.29, 0.717) is 55.5 Å². The van der Waals surface area contributed by atoms with Crippen LogP contribution >= 0.6 is 11.6 Å². The lowest BCUT2D eigenvalue weighted by Crippen LogP contribution is -2.35. The van der Waals surface area contributed by atoms with Crippen molar-refractivity contribution in [3.8, 4) is 17.2 Å². The molecule has 0 saturated carbocycles. The summed E-state index contributed by atoms with van der Waals surface area (Å²) in [5.41, 5.74) is 0.814. The molecule has 0 amide bonds. The molecule has 1 aliphatic rings. The SMILES string of the molecule is CC(C)NCC(O)COc1ccc(OCCCOc2ccc(C3OCCO3)c(Cl)c2)cc1. The predicted octanol–water partition coefficient (Wildman–Crippen LogP) is 3.97. The zero-order chi connectivity index (χ0) is 22.8. The van der Waals surface area contributed by atoms with Gasteiger partial charge in [0.2, 0.25) is 0 Å². The first-order valence-corrected chi connectivity index (χ1v) is 11.3. The van der Waals surface area contributed by atoms with Crippen molar-refractivity contribution in [1.82, 2.24) is 5.32 Å². The zero-order valence-corrected chi connectivity index (χ0v) is 19.3. The predicted molar refractivity (Wildman–Crippen MR) is 123 cm³/mol. The Morgan fingerprint density at radius 2 is 1.56 bits per heavy atom. The molecule has 176 valence electrons. The first-order valence-electron chi connectivity index (χ1n) is 10.9. The molecule has 32 heavy (non-hydrogen) atoms. The lowest BCUT2D eigenvalue weighted by Gasteiger charge is -2.15. The van der Waals surface area contributed by atoms with Crippen LogP contribution in [0, 0.1) is 0 Å². The molecule has 0 radical (unpaired) electrons. The van der Waals surface area contributed by atoms with Crippen molar-refractivity contribution >= 4 is 11.6 Å². The van der Waals surface area contributed by atoms with Crippen LogP contribution < -0.4 is 19.5 Å². The normalized spacial score (nSPS) is 15.2. The van der Waals surface area contributed by atoms with Gasteiger partial charge in [0.1, 0.15) is 30.0 Å². The van der Waals surface area contributed by atoms with E-state index in [1.165, 1.54) is 0 Å². The van der Waals surface area contributed by atoms with E-state index in [-0.39, 0.29) is 6.61 Å².